The second kappa shape index (κ2) is 8.19. The van der Waals surface area contributed by atoms with E-state index in [9.17, 15) is 9.59 Å². The Labute approximate surface area is 202 Å². The van der Waals surface area contributed by atoms with Crippen LogP contribution in [0.5, 0.6) is 0 Å². The molecule has 2 aliphatic heterocycles. The quantitative estimate of drug-likeness (QED) is 0.389. The lowest BCUT2D eigenvalue weighted by molar-refractivity contribution is -0.119. The van der Waals surface area contributed by atoms with E-state index >= 15 is 0 Å². The summed E-state index contributed by atoms with van der Waals surface area (Å²) in [5.41, 5.74) is 6.22. The molecule has 3 heterocycles. The standard InChI is InChI=1S/C28H22ClN3O2/c29-20-11-12-22-23(28(34)30-24(22)15-20)14-19-16-31(26-10-4-2-8-21(19)26)17-27(33)32-13-5-7-18-6-1-3-9-25(18)32/h1-4,6,8-12,14-16H,5,7,13,17H2,(H,30,34)/b23-14+. The van der Waals surface area contributed by atoms with E-state index in [0.29, 0.717) is 16.3 Å². The minimum atomic E-state index is -0.157. The van der Waals surface area contributed by atoms with Crippen molar-refractivity contribution in [1.82, 2.24) is 4.57 Å². The van der Waals surface area contributed by atoms with Gasteiger partial charge >= 0.3 is 0 Å². The van der Waals surface area contributed by atoms with Crippen molar-refractivity contribution < 1.29 is 9.59 Å². The largest absolute Gasteiger partial charge is 0.337 e. The molecule has 0 saturated carbocycles. The number of nitrogens with one attached hydrogen (secondary N) is 1. The van der Waals surface area contributed by atoms with Crippen LogP contribution >= 0.6 is 11.6 Å². The van der Waals surface area contributed by atoms with Gasteiger partial charge < -0.3 is 14.8 Å². The van der Waals surface area contributed by atoms with E-state index in [-0.39, 0.29) is 18.4 Å². The fourth-order valence-electron chi connectivity index (χ4n) is 5.01. The predicted molar refractivity (Wildman–Crippen MR) is 137 cm³/mol. The number of para-hydroxylation sites is 2. The van der Waals surface area contributed by atoms with Crippen molar-refractivity contribution >= 4 is 57.3 Å². The topological polar surface area (TPSA) is 54.3 Å². The number of anilines is 2. The van der Waals surface area contributed by atoms with Crippen LogP contribution in [0.1, 0.15) is 23.1 Å². The Morgan fingerprint density at radius 1 is 1.06 bits per heavy atom. The van der Waals surface area contributed by atoms with Crippen LogP contribution in [0.3, 0.4) is 0 Å². The Morgan fingerprint density at radius 3 is 2.79 bits per heavy atom. The highest BCUT2D eigenvalue weighted by Gasteiger charge is 2.26. The van der Waals surface area contributed by atoms with Gasteiger partial charge in [-0.2, -0.15) is 0 Å². The molecule has 6 heteroatoms. The predicted octanol–water partition coefficient (Wildman–Crippen LogP) is 5.77. The maximum absolute atomic E-state index is 13.4. The molecule has 168 valence electrons. The third-order valence-electron chi connectivity index (χ3n) is 6.60. The third-order valence-corrected chi connectivity index (χ3v) is 6.84. The minimum Gasteiger partial charge on any atom is -0.337 e. The van der Waals surface area contributed by atoms with Gasteiger partial charge in [-0.1, -0.05) is 54.1 Å². The van der Waals surface area contributed by atoms with Gasteiger partial charge in [-0.3, -0.25) is 9.59 Å². The van der Waals surface area contributed by atoms with E-state index in [0.717, 1.165) is 47.1 Å². The first-order chi connectivity index (χ1) is 16.6. The number of amides is 2. The lowest BCUT2D eigenvalue weighted by atomic mass is 10.0. The van der Waals surface area contributed by atoms with E-state index in [1.165, 1.54) is 5.56 Å². The lowest BCUT2D eigenvalue weighted by Crippen LogP contribution is -2.37. The Kier molecular flexibility index (Phi) is 5.00. The van der Waals surface area contributed by atoms with Crippen molar-refractivity contribution in [3.8, 4) is 0 Å². The number of halogens is 1. The number of carbonyl (C=O) groups is 2. The molecule has 0 unspecified atom stereocenters. The van der Waals surface area contributed by atoms with Gasteiger partial charge in [-0.15, -0.1) is 0 Å². The molecule has 1 N–H and O–H groups in total. The van der Waals surface area contributed by atoms with Crippen LogP contribution in [0.25, 0.3) is 22.6 Å². The van der Waals surface area contributed by atoms with E-state index < -0.39 is 0 Å². The molecule has 2 aliphatic rings. The van der Waals surface area contributed by atoms with Crippen molar-refractivity contribution in [2.45, 2.75) is 19.4 Å². The summed E-state index contributed by atoms with van der Waals surface area (Å²) in [6.07, 6.45) is 5.82. The Morgan fingerprint density at radius 2 is 1.88 bits per heavy atom. The summed E-state index contributed by atoms with van der Waals surface area (Å²) < 4.78 is 1.98. The molecule has 3 aromatic carbocycles. The zero-order chi connectivity index (χ0) is 23.2. The molecule has 0 radical (unpaired) electrons. The van der Waals surface area contributed by atoms with E-state index in [2.05, 4.69) is 11.4 Å². The number of nitrogens with zero attached hydrogens (tertiary/aromatic N) is 2. The second-order valence-corrected chi connectivity index (χ2v) is 9.15. The summed E-state index contributed by atoms with van der Waals surface area (Å²) in [6, 6.07) is 21.5. The lowest BCUT2D eigenvalue weighted by Gasteiger charge is -2.29. The molecule has 34 heavy (non-hydrogen) atoms. The summed E-state index contributed by atoms with van der Waals surface area (Å²) in [4.78, 5) is 28.0. The van der Waals surface area contributed by atoms with E-state index in [4.69, 9.17) is 11.6 Å². The highest BCUT2D eigenvalue weighted by molar-refractivity contribution is 6.37. The molecule has 6 rings (SSSR count). The summed E-state index contributed by atoms with van der Waals surface area (Å²) in [7, 11) is 0. The molecule has 0 aliphatic carbocycles. The van der Waals surface area contributed by atoms with Crippen molar-refractivity contribution in [3.05, 3.63) is 94.6 Å². The number of hydrogen-bond acceptors (Lipinski definition) is 2. The molecule has 0 bridgehead atoms. The van der Waals surface area contributed by atoms with E-state index in [1.54, 1.807) is 12.1 Å². The van der Waals surface area contributed by atoms with Crippen LogP contribution < -0.4 is 10.2 Å². The van der Waals surface area contributed by atoms with Crippen LogP contribution in [-0.4, -0.2) is 22.9 Å². The van der Waals surface area contributed by atoms with Crippen LogP contribution in [-0.2, 0) is 22.6 Å². The van der Waals surface area contributed by atoms with Crippen molar-refractivity contribution in [2.75, 3.05) is 16.8 Å². The minimum absolute atomic E-state index is 0.0608. The average molecular weight is 468 g/mol. The highest BCUT2D eigenvalue weighted by atomic mass is 35.5. The Bertz CT molecular complexity index is 1500. The second-order valence-electron chi connectivity index (χ2n) is 8.71. The summed E-state index contributed by atoms with van der Waals surface area (Å²) >= 11 is 6.09. The molecule has 4 aromatic rings. The number of aromatic nitrogens is 1. The fourth-order valence-corrected chi connectivity index (χ4v) is 5.18. The van der Waals surface area contributed by atoms with Crippen molar-refractivity contribution in [2.24, 2.45) is 0 Å². The zero-order valence-corrected chi connectivity index (χ0v) is 19.2. The molecular formula is C28H22ClN3O2. The summed E-state index contributed by atoms with van der Waals surface area (Å²) in [5, 5.41) is 4.46. The first-order valence-corrected chi connectivity index (χ1v) is 11.8. The van der Waals surface area contributed by atoms with Gasteiger partial charge in [0.15, 0.2) is 0 Å². The fraction of sp³-hybridized carbons (Fsp3) is 0.143. The molecule has 0 spiro atoms. The number of aryl methyl sites for hydroxylation is 1. The van der Waals surface area contributed by atoms with Gasteiger partial charge in [0.1, 0.15) is 6.54 Å². The van der Waals surface area contributed by atoms with Crippen molar-refractivity contribution in [3.63, 3.8) is 0 Å². The number of carbonyl (C=O) groups excluding carboxylic acids is 2. The normalized spacial score (nSPS) is 16.0. The molecule has 5 nitrogen and oxygen atoms in total. The summed E-state index contributed by atoms with van der Waals surface area (Å²) in [5.74, 6) is -0.0965. The van der Waals surface area contributed by atoms with Gasteiger partial charge in [0.25, 0.3) is 5.91 Å². The van der Waals surface area contributed by atoms with Gasteiger partial charge in [-0.25, -0.2) is 0 Å². The number of fused-ring (bicyclic) bond motifs is 3. The SMILES string of the molecule is O=C1Nc2cc(Cl)ccc2/C1=C\c1cn(CC(=O)N2CCCc3ccccc32)c2ccccc12. The van der Waals surface area contributed by atoms with Gasteiger partial charge in [-0.05, 0) is 48.7 Å². The molecule has 2 amide bonds. The maximum Gasteiger partial charge on any atom is 0.256 e. The molecule has 0 fully saturated rings. The summed E-state index contributed by atoms with van der Waals surface area (Å²) in [6.45, 7) is 0.960. The third kappa shape index (κ3) is 3.49. The Hall–Kier alpha value is -3.83. The zero-order valence-electron chi connectivity index (χ0n) is 18.4. The van der Waals surface area contributed by atoms with Gasteiger partial charge in [0.2, 0.25) is 5.91 Å². The van der Waals surface area contributed by atoms with Crippen LogP contribution in [0.2, 0.25) is 5.02 Å². The number of benzene rings is 3. The van der Waals surface area contributed by atoms with Crippen molar-refractivity contribution in [1.29, 1.82) is 0 Å². The first kappa shape index (κ1) is 20.8. The van der Waals surface area contributed by atoms with Crippen LogP contribution in [0.15, 0.2) is 72.9 Å². The molecule has 0 atom stereocenters. The molecule has 0 saturated heterocycles. The average Bonchev–Trinajstić information content (AvgIpc) is 3.35. The smallest absolute Gasteiger partial charge is 0.256 e. The number of rotatable bonds is 3. The number of hydrogen-bond donors (Lipinski definition) is 1. The molecular weight excluding hydrogens is 446 g/mol. The van der Waals surface area contributed by atoms with Gasteiger partial charge in [0.05, 0.1) is 5.69 Å². The maximum atomic E-state index is 13.4. The van der Waals surface area contributed by atoms with E-state index in [1.807, 2.05) is 70.3 Å². The van der Waals surface area contributed by atoms with Crippen LogP contribution in [0.4, 0.5) is 11.4 Å². The highest BCUT2D eigenvalue weighted by Crippen LogP contribution is 2.36. The Balaban J connectivity index is 1.38. The van der Waals surface area contributed by atoms with Gasteiger partial charge in [0, 0.05) is 51.1 Å². The monoisotopic (exact) mass is 467 g/mol. The van der Waals surface area contributed by atoms with Crippen LogP contribution in [0, 0.1) is 0 Å². The first-order valence-electron chi connectivity index (χ1n) is 11.4. The molecule has 1 aromatic heterocycles.